The van der Waals surface area contributed by atoms with Crippen molar-refractivity contribution in [2.45, 2.75) is 31.2 Å². The molecule has 1 fully saturated rings. The lowest BCUT2D eigenvalue weighted by molar-refractivity contribution is 0.128. The fourth-order valence-electron chi connectivity index (χ4n) is 5.29. The first-order valence-electron chi connectivity index (χ1n) is 13.5. The molecule has 0 unspecified atom stereocenters. The number of aromatic nitrogens is 4. The summed E-state index contributed by atoms with van der Waals surface area (Å²) in [5.41, 5.74) is 2.78. The smallest absolute Gasteiger partial charge is 0.285 e. The number of methoxy groups -OCH3 is 1. The van der Waals surface area contributed by atoms with E-state index >= 15 is 0 Å². The van der Waals surface area contributed by atoms with Gasteiger partial charge in [-0.05, 0) is 45.0 Å². The van der Waals surface area contributed by atoms with Crippen LogP contribution in [0.5, 0.6) is 5.75 Å². The van der Waals surface area contributed by atoms with Crippen molar-refractivity contribution in [1.82, 2.24) is 24.1 Å². The zero-order valence-corrected chi connectivity index (χ0v) is 24.4. The first-order chi connectivity index (χ1) is 19.6. The van der Waals surface area contributed by atoms with Crippen molar-refractivity contribution >= 4 is 49.0 Å². The number of benzene rings is 2. The quantitative estimate of drug-likeness (QED) is 0.305. The summed E-state index contributed by atoms with van der Waals surface area (Å²) in [7, 11) is -2.39. The molecule has 5 aromatic rings. The van der Waals surface area contributed by atoms with Gasteiger partial charge in [0.1, 0.15) is 16.5 Å². The predicted octanol–water partition coefficient (Wildman–Crippen LogP) is 4.89. The largest absolute Gasteiger partial charge is 0.494 e. The van der Waals surface area contributed by atoms with E-state index in [0.717, 1.165) is 47.0 Å². The van der Waals surface area contributed by atoms with Crippen LogP contribution in [0.2, 0.25) is 0 Å². The first kappa shape index (κ1) is 27.0. The number of anilines is 3. The molecule has 0 atom stereocenters. The van der Waals surface area contributed by atoms with E-state index in [1.54, 1.807) is 43.8 Å². The molecule has 1 aliphatic heterocycles. The number of ether oxygens (including phenoxy) is 1. The molecule has 6 rings (SSSR count). The lowest BCUT2D eigenvalue weighted by Crippen LogP contribution is -2.53. The monoisotopic (exact) mass is 571 g/mol. The second-order valence-corrected chi connectivity index (χ2v) is 12.8. The molecule has 3 aromatic heterocycles. The topological polar surface area (TPSA) is 105 Å². The van der Waals surface area contributed by atoms with E-state index in [4.69, 9.17) is 4.74 Å². The van der Waals surface area contributed by atoms with Crippen LogP contribution >= 0.6 is 0 Å². The van der Waals surface area contributed by atoms with Crippen molar-refractivity contribution in [3.05, 3.63) is 73.2 Å². The molecular formula is C30H33N7O3S. The van der Waals surface area contributed by atoms with Crippen LogP contribution in [-0.4, -0.2) is 71.3 Å². The van der Waals surface area contributed by atoms with Crippen LogP contribution in [0.1, 0.15) is 20.8 Å². The Bertz CT molecular complexity index is 1830. The van der Waals surface area contributed by atoms with E-state index in [-0.39, 0.29) is 10.4 Å². The second-order valence-electron chi connectivity index (χ2n) is 11.1. The van der Waals surface area contributed by atoms with Gasteiger partial charge < -0.3 is 15.0 Å². The van der Waals surface area contributed by atoms with Crippen LogP contribution in [0.25, 0.3) is 21.8 Å². The summed E-state index contributed by atoms with van der Waals surface area (Å²) in [6.45, 7) is 10.6. The van der Waals surface area contributed by atoms with Crippen LogP contribution in [-0.2, 0) is 10.0 Å². The number of rotatable bonds is 6. The second kappa shape index (κ2) is 10.3. The van der Waals surface area contributed by atoms with Gasteiger partial charge in [-0.2, -0.15) is 17.6 Å². The maximum absolute atomic E-state index is 13.7. The Morgan fingerprint density at radius 2 is 1.68 bits per heavy atom. The number of fused-ring (bicyclic) bond motifs is 2. The predicted molar refractivity (Wildman–Crippen MR) is 162 cm³/mol. The van der Waals surface area contributed by atoms with Crippen molar-refractivity contribution < 1.29 is 13.2 Å². The summed E-state index contributed by atoms with van der Waals surface area (Å²) in [6, 6.07) is 16.4. The summed E-state index contributed by atoms with van der Waals surface area (Å²) in [5, 5.41) is 8.85. The summed E-state index contributed by atoms with van der Waals surface area (Å²) in [5.74, 6) is 1.14. The van der Waals surface area contributed by atoms with Crippen molar-refractivity contribution in [1.29, 1.82) is 0 Å². The standard InChI is InChI=1S/C30H33N7O3S/c1-30(2,3)36-15-13-35(14-16-36)23-10-11-24(26(17-23)40-4)34-28-18-25-22(19-32-28)20-33-37(25)41(38,39)27-9-5-7-21-8-6-12-31-29(21)27/h5-12,17-20H,13-16H2,1-4H3,(H,32,34). The maximum atomic E-state index is 13.7. The van der Waals surface area contributed by atoms with Gasteiger partial charge in [-0.15, -0.1) is 0 Å². The fourth-order valence-corrected chi connectivity index (χ4v) is 6.73. The maximum Gasteiger partial charge on any atom is 0.285 e. The van der Waals surface area contributed by atoms with E-state index < -0.39 is 10.0 Å². The molecule has 1 aliphatic rings. The van der Waals surface area contributed by atoms with Gasteiger partial charge in [0.2, 0.25) is 0 Å². The van der Waals surface area contributed by atoms with Gasteiger partial charge in [0.25, 0.3) is 10.0 Å². The molecule has 10 nitrogen and oxygen atoms in total. The molecule has 4 heterocycles. The van der Waals surface area contributed by atoms with E-state index in [0.29, 0.717) is 28.0 Å². The number of nitrogens with zero attached hydrogens (tertiary/aromatic N) is 6. The highest BCUT2D eigenvalue weighted by atomic mass is 32.2. The summed E-state index contributed by atoms with van der Waals surface area (Å²) < 4.78 is 34.3. The Morgan fingerprint density at radius 3 is 2.44 bits per heavy atom. The molecule has 0 amide bonds. The highest BCUT2D eigenvalue weighted by Gasteiger charge is 2.27. The van der Waals surface area contributed by atoms with Crippen LogP contribution in [0, 0.1) is 0 Å². The number of pyridine rings is 2. The van der Waals surface area contributed by atoms with E-state index in [1.165, 1.54) is 6.20 Å². The molecule has 0 saturated carbocycles. The van der Waals surface area contributed by atoms with Gasteiger partial charge in [-0.3, -0.25) is 9.88 Å². The minimum atomic E-state index is -4.03. The Balaban J connectivity index is 1.28. The summed E-state index contributed by atoms with van der Waals surface area (Å²) >= 11 is 0. The lowest BCUT2D eigenvalue weighted by Gasteiger charge is -2.43. The van der Waals surface area contributed by atoms with Crippen LogP contribution in [0.15, 0.2) is 78.1 Å². The lowest BCUT2D eigenvalue weighted by atomic mass is 10.0. The highest BCUT2D eigenvalue weighted by molar-refractivity contribution is 7.90. The SMILES string of the molecule is COc1cc(N2CCN(C(C)(C)C)CC2)ccc1Nc1cc2c(cn1)cnn2S(=O)(=O)c1cccc2cccnc12. The van der Waals surface area contributed by atoms with Gasteiger partial charge in [0.05, 0.1) is 30.0 Å². The molecule has 1 N–H and O–H groups in total. The van der Waals surface area contributed by atoms with Crippen LogP contribution in [0.3, 0.4) is 0 Å². The average molecular weight is 572 g/mol. The van der Waals surface area contributed by atoms with E-state index in [9.17, 15) is 8.42 Å². The molecule has 0 spiro atoms. The normalized spacial score (nSPS) is 15.0. The summed E-state index contributed by atoms with van der Waals surface area (Å²) in [6.07, 6.45) is 4.68. The van der Waals surface area contributed by atoms with Crippen molar-refractivity contribution in [2.24, 2.45) is 0 Å². The van der Waals surface area contributed by atoms with Crippen LogP contribution in [0.4, 0.5) is 17.2 Å². The molecule has 212 valence electrons. The minimum Gasteiger partial charge on any atom is -0.494 e. The molecular weight excluding hydrogens is 538 g/mol. The number of hydrogen-bond donors (Lipinski definition) is 1. The average Bonchev–Trinajstić information content (AvgIpc) is 3.41. The van der Waals surface area contributed by atoms with Crippen molar-refractivity contribution in [3.63, 3.8) is 0 Å². The number of nitrogens with one attached hydrogen (secondary N) is 1. The third-order valence-electron chi connectivity index (χ3n) is 7.56. The van der Waals surface area contributed by atoms with Crippen molar-refractivity contribution in [3.8, 4) is 5.75 Å². The Kier molecular flexibility index (Phi) is 6.79. The number of para-hydroxylation sites is 1. The molecule has 41 heavy (non-hydrogen) atoms. The molecule has 0 aliphatic carbocycles. The Morgan fingerprint density at radius 1 is 0.902 bits per heavy atom. The zero-order chi connectivity index (χ0) is 28.8. The minimum absolute atomic E-state index is 0.0903. The Hall–Kier alpha value is -4.22. The third kappa shape index (κ3) is 5.07. The highest BCUT2D eigenvalue weighted by Crippen LogP contribution is 2.33. The summed E-state index contributed by atoms with van der Waals surface area (Å²) in [4.78, 5) is 13.8. The Labute approximate surface area is 239 Å². The van der Waals surface area contributed by atoms with Gasteiger partial charge in [-0.1, -0.05) is 18.2 Å². The van der Waals surface area contributed by atoms with Crippen LogP contribution < -0.4 is 15.0 Å². The van der Waals surface area contributed by atoms with Gasteiger partial charge in [0, 0.05) is 72.7 Å². The van der Waals surface area contributed by atoms with Gasteiger partial charge >= 0.3 is 0 Å². The molecule has 11 heteroatoms. The number of piperazine rings is 1. The van der Waals surface area contributed by atoms with E-state index in [2.05, 4.69) is 57.0 Å². The molecule has 1 saturated heterocycles. The zero-order valence-electron chi connectivity index (χ0n) is 23.6. The van der Waals surface area contributed by atoms with Gasteiger partial charge in [0.15, 0.2) is 0 Å². The third-order valence-corrected chi connectivity index (χ3v) is 9.19. The first-order valence-corrected chi connectivity index (χ1v) is 15.0. The fraction of sp³-hybridized carbons (Fsp3) is 0.300. The molecule has 0 radical (unpaired) electrons. The molecule has 2 aromatic carbocycles. The van der Waals surface area contributed by atoms with Crippen molar-refractivity contribution in [2.75, 3.05) is 43.5 Å². The number of hydrogen-bond acceptors (Lipinski definition) is 9. The van der Waals surface area contributed by atoms with E-state index in [1.807, 2.05) is 24.3 Å². The van der Waals surface area contributed by atoms with Gasteiger partial charge in [-0.25, -0.2) is 4.98 Å². The molecule has 0 bridgehead atoms.